The number of rotatable bonds is 16. The van der Waals surface area contributed by atoms with Gasteiger partial charge >= 0.3 is 0 Å². The Morgan fingerprint density at radius 2 is 1.03 bits per heavy atom. The van der Waals surface area contributed by atoms with Crippen LogP contribution in [-0.2, 0) is 34.8 Å². The van der Waals surface area contributed by atoms with E-state index in [4.69, 9.17) is 37.9 Å². The van der Waals surface area contributed by atoms with Gasteiger partial charge in [0.1, 0.15) is 103 Å². The van der Waals surface area contributed by atoms with Gasteiger partial charge in [0.15, 0.2) is 12.6 Å². The molecular weight excluding hydrogens is 864 g/mol. The molecule has 1 aliphatic carbocycles. The molecule has 0 radical (unpaired) electrons. The number of allylic oxidation sites excluding steroid dienone is 3. The van der Waals surface area contributed by atoms with Crippen molar-refractivity contribution in [3.8, 4) is 11.5 Å². The Morgan fingerprint density at radius 1 is 0.600 bits per heavy atom. The molecule has 0 aromatic heterocycles. The first-order valence-electron chi connectivity index (χ1n) is 22.3. The molecule has 22 atom stereocenters. The van der Waals surface area contributed by atoms with Gasteiger partial charge in [-0.2, -0.15) is 0 Å². The maximum Gasteiger partial charge on any atom is 0.229 e. The molecule has 4 heterocycles. The van der Waals surface area contributed by atoms with Crippen LogP contribution in [0, 0.1) is 5.92 Å². The molecule has 21 nitrogen and oxygen atoms in total. The van der Waals surface area contributed by atoms with Crippen molar-refractivity contribution in [1.29, 1.82) is 0 Å². The Morgan fingerprint density at radius 3 is 1.46 bits per heavy atom. The molecule has 370 valence electrons. The van der Waals surface area contributed by atoms with Crippen molar-refractivity contribution in [3.05, 3.63) is 47.1 Å². The van der Waals surface area contributed by atoms with Gasteiger partial charge in [-0.05, 0) is 63.1 Å². The minimum atomic E-state index is -1.90. The Balaban J connectivity index is 1.40. The van der Waals surface area contributed by atoms with E-state index < -0.39 is 149 Å². The van der Waals surface area contributed by atoms with Crippen LogP contribution in [0.1, 0.15) is 70.4 Å². The third-order valence-corrected chi connectivity index (χ3v) is 13.0. The first-order chi connectivity index (χ1) is 30.9. The van der Waals surface area contributed by atoms with Crippen molar-refractivity contribution in [3.63, 3.8) is 0 Å². The van der Waals surface area contributed by atoms with Gasteiger partial charge in [0.25, 0.3) is 0 Å². The molecule has 0 spiro atoms. The summed E-state index contributed by atoms with van der Waals surface area (Å²) in [6.07, 6.45) is -28.3. The average Bonchev–Trinajstić information content (AvgIpc) is 3.28. The van der Waals surface area contributed by atoms with E-state index in [1.54, 1.807) is 19.1 Å². The summed E-state index contributed by atoms with van der Waals surface area (Å²) in [5.41, 5.74) is 2.86. The first kappa shape index (κ1) is 51.9. The zero-order valence-electron chi connectivity index (χ0n) is 36.9. The lowest BCUT2D eigenvalue weighted by molar-refractivity contribution is -0.353. The number of aliphatic hydroxyl groups excluding tert-OH is 13. The van der Waals surface area contributed by atoms with Crippen molar-refractivity contribution < 1.29 is 104 Å². The summed E-state index contributed by atoms with van der Waals surface area (Å²) in [7, 11) is 0. The average molecular weight is 933 g/mol. The Hall–Kier alpha value is -2.46. The van der Waals surface area contributed by atoms with Crippen molar-refractivity contribution >= 4 is 0 Å². The second-order valence-electron chi connectivity index (χ2n) is 17.8. The van der Waals surface area contributed by atoms with Gasteiger partial charge in [0, 0.05) is 11.5 Å². The lowest BCUT2D eigenvalue weighted by atomic mass is 9.73. The van der Waals surface area contributed by atoms with E-state index in [9.17, 15) is 66.4 Å². The molecule has 65 heavy (non-hydrogen) atoms. The van der Waals surface area contributed by atoms with Gasteiger partial charge in [-0.3, -0.25) is 0 Å². The predicted molar refractivity (Wildman–Crippen MR) is 222 cm³/mol. The molecule has 1 aromatic carbocycles. The number of hydrogen-bond acceptors (Lipinski definition) is 21. The fourth-order valence-corrected chi connectivity index (χ4v) is 9.25. The van der Waals surface area contributed by atoms with E-state index >= 15 is 0 Å². The quantitative estimate of drug-likeness (QED) is 0.0739. The zero-order valence-corrected chi connectivity index (χ0v) is 36.9. The summed E-state index contributed by atoms with van der Waals surface area (Å²) in [5.74, 6) is -0.509. The molecule has 13 N–H and O–H groups in total. The number of aliphatic hydroxyl groups is 13. The van der Waals surface area contributed by atoms with Gasteiger partial charge in [0.2, 0.25) is 12.6 Å². The van der Waals surface area contributed by atoms with Gasteiger partial charge in [-0.25, -0.2) is 0 Å². The van der Waals surface area contributed by atoms with E-state index in [2.05, 4.69) is 6.58 Å². The molecule has 21 heteroatoms. The lowest BCUT2D eigenvalue weighted by Crippen LogP contribution is -2.65. The topological polar surface area (TPSA) is 337 Å². The van der Waals surface area contributed by atoms with Crippen LogP contribution >= 0.6 is 0 Å². The SMILES string of the molecule is C=C(C)[C@@H]1CCC(C)=C[C@H]1c1c(O[C@@H]2O[C@H](CC)[C@@H](O)[C@H](O[C@@H]3O[C@H](CO)[C@@H](O)[C@H](O)[C@H]3O)[C@H]2O)cc(CCC)cc1O[C@@H]1O[C@H](CO)[C@@H](O)[C@H](O[C@H]2O[C@H](CO)[C@@H](O)[C@H](O)[C@H]2O)[C@H]1O. The van der Waals surface area contributed by atoms with Crippen LogP contribution in [0.4, 0.5) is 0 Å². The molecule has 4 aliphatic heterocycles. The summed E-state index contributed by atoms with van der Waals surface area (Å²) in [6.45, 7) is 9.43. The summed E-state index contributed by atoms with van der Waals surface area (Å²) in [4.78, 5) is 0. The van der Waals surface area contributed by atoms with Gasteiger partial charge in [-0.1, -0.05) is 44.1 Å². The summed E-state index contributed by atoms with van der Waals surface area (Å²) in [5, 5.41) is 139. The van der Waals surface area contributed by atoms with Gasteiger partial charge in [0.05, 0.1) is 25.9 Å². The van der Waals surface area contributed by atoms with Crippen molar-refractivity contribution in [2.75, 3.05) is 19.8 Å². The van der Waals surface area contributed by atoms with Crippen LogP contribution in [0.2, 0.25) is 0 Å². The summed E-state index contributed by atoms with van der Waals surface area (Å²) < 4.78 is 48.2. The van der Waals surface area contributed by atoms with Crippen molar-refractivity contribution in [1.82, 2.24) is 0 Å². The van der Waals surface area contributed by atoms with Crippen LogP contribution in [0.3, 0.4) is 0 Å². The fraction of sp³-hybridized carbons (Fsp3) is 0.773. The van der Waals surface area contributed by atoms with Crippen LogP contribution in [0.5, 0.6) is 11.5 Å². The smallest absolute Gasteiger partial charge is 0.229 e. The Kier molecular flexibility index (Phi) is 17.8. The number of aryl methyl sites for hydroxylation is 1. The third kappa shape index (κ3) is 10.9. The lowest BCUT2D eigenvalue weighted by Gasteiger charge is -2.46. The monoisotopic (exact) mass is 932 g/mol. The van der Waals surface area contributed by atoms with Crippen molar-refractivity contribution in [2.45, 2.75) is 189 Å². The third-order valence-electron chi connectivity index (χ3n) is 13.0. The van der Waals surface area contributed by atoms with Crippen LogP contribution in [-0.4, -0.2) is 209 Å². The molecule has 1 aromatic rings. The van der Waals surface area contributed by atoms with Crippen LogP contribution in [0.25, 0.3) is 0 Å². The molecule has 0 unspecified atom stereocenters. The van der Waals surface area contributed by atoms with E-state index in [1.807, 2.05) is 26.8 Å². The predicted octanol–water partition coefficient (Wildman–Crippen LogP) is -2.92. The van der Waals surface area contributed by atoms with Gasteiger partial charge in [-0.15, -0.1) is 0 Å². The zero-order chi connectivity index (χ0) is 47.6. The van der Waals surface area contributed by atoms with E-state index in [0.29, 0.717) is 30.4 Å². The second-order valence-corrected chi connectivity index (χ2v) is 17.8. The normalized spacial score (nSPS) is 43.7. The van der Waals surface area contributed by atoms with Crippen LogP contribution in [0.15, 0.2) is 35.9 Å². The summed E-state index contributed by atoms with van der Waals surface area (Å²) >= 11 is 0. The summed E-state index contributed by atoms with van der Waals surface area (Å²) in [6, 6.07) is 3.45. The molecule has 0 amide bonds. The molecule has 0 saturated carbocycles. The first-order valence-corrected chi connectivity index (χ1v) is 22.3. The largest absolute Gasteiger partial charge is 0.462 e. The van der Waals surface area contributed by atoms with E-state index in [-0.39, 0.29) is 23.8 Å². The fourth-order valence-electron chi connectivity index (χ4n) is 9.25. The molecule has 6 rings (SSSR count). The maximum atomic E-state index is 11.9. The molecular formula is C44H68O21. The van der Waals surface area contributed by atoms with E-state index in [1.165, 1.54) is 0 Å². The molecule has 5 aliphatic rings. The second kappa shape index (κ2) is 22.3. The number of hydrogen-bond donors (Lipinski definition) is 13. The Labute approximate surface area is 376 Å². The maximum absolute atomic E-state index is 11.9. The standard InChI is InChI=1S/C44H68O21/c1-6-8-19-12-23(59-43-37(56)39(31(50)22(7-2)58-43)64-41-35(54)33(52)29(48)25(14-45)61-41)28(21-11-18(5)9-10-20(21)17(3)4)24(13-19)60-44-38(57)40(32(51)27(16-47)63-44)65-42-36(55)34(53)30(49)26(15-46)62-42/h11-13,20-22,25-27,29-57H,3,6-10,14-16H2,1-2,4-5H3/t20-,21+,22+,25+,26+,27+,29+,30+,31+,32+,33-,34-,35+,36+,37+,38+,39-,40-,41-,42+,43-,44+/m0/s1. The van der Waals surface area contributed by atoms with E-state index in [0.717, 1.165) is 17.6 Å². The molecule has 4 saturated heterocycles. The number of benzene rings is 1. The highest BCUT2D eigenvalue weighted by Gasteiger charge is 2.53. The highest BCUT2D eigenvalue weighted by Crippen LogP contribution is 2.49. The Bertz CT molecular complexity index is 1650. The molecule has 0 bridgehead atoms. The minimum absolute atomic E-state index is 0.100. The number of ether oxygens (including phenoxy) is 8. The highest BCUT2D eigenvalue weighted by atomic mass is 16.8. The van der Waals surface area contributed by atoms with Crippen molar-refractivity contribution in [2.24, 2.45) is 5.92 Å². The molecule has 4 fully saturated rings. The highest BCUT2D eigenvalue weighted by molar-refractivity contribution is 5.53. The van der Waals surface area contributed by atoms with Crippen LogP contribution < -0.4 is 9.47 Å². The van der Waals surface area contributed by atoms with Gasteiger partial charge < -0.3 is 104 Å². The minimum Gasteiger partial charge on any atom is -0.462 e.